The summed E-state index contributed by atoms with van der Waals surface area (Å²) in [6.45, 7) is 15.1. The Hall–Kier alpha value is -3.22. The Labute approximate surface area is 373 Å². The Kier molecular flexibility index (Phi) is 13.5. The fourth-order valence-corrected chi connectivity index (χ4v) is 11.4. The second-order valence-corrected chi connectivity index (χ2v) is 19.5. The molecule has 0 amide bonds. The maximum absolute atomic E-state index is 6.69. The summed E-state index contributed by atoms with van der Waals surface area (Å²) in [7, 11) is 0. The molecule has 5 aromatic rings. The van der Waals surface area contributed by atoms with Crippen LogP contribution >= 0.6 is 46.4 Å². The van der Waals surface area contributed by atoms with Crippen LogP contribution in [0.5, 0.6) is 0 Å². The lowest BCUT2D eigenvalue weighted by Gasteiger charge is -2.48. The number of nitrogens with zero attached hydrogens (tertiary/aromatic N) is 4. The number of aryl methyl sites for hydroxylation is 2. The third-order valence-corrected chi connectivity index (χ3v) is 14.5. The summed E-state index contributed by atoms with van der Waals surface area (Å²) in [6.07, 6.45) is 6.31. The van der Waals surface area contributed by atoms with E-state index in [2.05, 4.69) is 132 Å². The van der Waals surface area contributed by atoms with Gasteiger partial charge in [0.05, 0.1) is 33.5 Å². The molecule has 2 aliphatic heterocycles. The van der Waals surface area contributed by atoms with E-state index < -0.39 is 0 Å². The summed E-state index contributed by atoms with van der Waals surface area (Å²) in [5, 5.41) is 3.24. The molecule has 2 aliphatic carbocycles. The number of benzene rings is 5. The third kappa shape index (κ3) is 9.96. The molecule has 310 valence electrons. The van der Waals surface area contributed by atoms with Crippen LogP contribution in [0, 0.1) is 25.7 Å². The highest BCUT2D eigenvalue weighted by atomic mass is 35.5. The topological polar surface area (TPSA) is 13.0 Å². The van der Waals surface area contributed by atoms with Crippen molar-refractivity contribution in [1.82, 2.24) is 9.80 Å². The number of hydrogen-bond acceptors (Lipinski definition) is 4. The summed E-state index contributed by atoms with van der Waals surface area (Å²) >= 11 is 25.7. The molecule has 1 saturated carbocycles. The lowest BCUT2D eigenvalue weighted by molar-refractivity contribution is 0.0906. The number of hydrogen-bond donors (Lipinski definition) is 0. The van der Waals surface area contributed by atoms with Crippen molar-refractivity contribution in [3.63, 3.8) is 0 Å². The molecule has 0 aromatic heterocycles. The SMILES string of the molecule is Cc1ccc(N2CCN(C3CC(C)CC(C)C3)CC2c2ccc(Cl)cc2)c(Cl)c1.Cc1ccc(N2CCN(C3Cc4ccccc4C3)CC2c2ccc(Cl)cc2)c(Cl)c1. The molecule has 2 heterocycles. The third-order valence-electron chi connectivity index (χ3n) is 13.4. The maximum atomic E-state index is 6.69. The first-order chi connectivity index (χ1) is 28.5. The summed E-state index contributed by atoms with van der Waals surface area (Å²) in [4.78, 5) is 10.4. The van der Waals surface area contributed by atoms with Crippen molar-refractivity contribution in [1.29, 1.82) is 0 Å². The summed E-state index contributed by atoms with van der Waals surface area (Å²) in [5.74, 6) is 1.64. The van der Waals surface area contributed by atoms with E-state index in [1.807, 2.05) is 24.3 Å². The van der Waals surface area contributed by atoms with Gasteiger partial charge in [-0.3, -0.25) is 9.80 Å². The van der Waals surface area contributed by atoms with Crippen LogP contribution in [-0.4, -0.2) is 61.2 Å². The minimum absolute atomic E-state index is 0.250. The zero-order valence-electron chi connectivity index (χ0n) is 34.9. The number of rotatable bonds is 6. The molecule has 8 heteroatoms. The summed E-state index contributed by atoms with van der Waals surface area (Å²) in [6, 6.07) is 40.2. The lowest BCUT2D eigenvalue weighted by atomic mass is 9.79. The van der Waals surface area contributed by atoms with Crippen molar-refractivity contribution in [2.24, 2.45) is 11.8 Å². The molecule has 5 aromatic carbocycles. The van der Waals surface area contributed by atoms with Gasteiger partial charge in [-0.05, 0) is 140 Å². The minimum atomic E-state index is 0.250. The van der Waals surface area contributed by atoms with Crippen molar-refractivity contribution >= 4 is 57.8 Å². The van der Waals surface area contributed by atoms with E-state index in [1.54, 1.807) is 0 Å². The Morgan fingerprint density at radius 2 is 0.898 bits per heavy atom. The van der Waals surface area contributed by atoms with Gasteiger partial charge in [-0.25, -0.2) is 0 Å². The van der Waals surface area contributed by atoms with Gasteiger partial charge in [-0.2, -0.15) is 0 Å². The van der Waals surface area contributed by atoms with Crippen LogP contribution in [0.4, 0.5) is 11.4 Å². The second kappa shape index (κ2) is 18.8. The Morgan fingerprint density at radius 1 is 0.475 bits per heavy atom. The van der Waals surface area contributed by atoms with Crippen LogP contribution in [0.2, 0.25) is 20.1 Å². The van der Waals surface area contributed by atoms with Crippen LogP contribution in [0.25, 0.3) is 0 Å². The molecule has 2 saturated heterocycles. The van der Waals surface area contributed by atoms with E-state index in [0.29, 0.717) is 12.1 Å². The first-order valence-corrected chi connectivity index (χ1v) is 23.1. The molecule has 4 unspecified atom stereocenters. The van der Waals surface area contributed by atoms with E-state index in [0.717, 1.165) is 95.4 Å². The van der Waals surface area contributed by atoms with Gasteiger partial charge in [0.1, 0.15) is 0 Å². The number of fused-ring (bicyclic) bond motifs is 1. The monoisotopic (exact) mass is 866 g/mol. The first kappa shape index (κ1) is 42.5. The largest absolute Gasteiger partial charge is 0.361 e. The first-order valence-electron chi connectivity index (χ1n) is 21.6. The van der Waals surface area contributed by atoms with Gasteiger partial charge in [0.2, 0.25) is 0 Å². The molecular weight excluding hydrogens is 810 g/mol. The highest BCUT2D eigenvalue weighted by Crippen LogP contribution is 2.40. The Balaban J connectivity index is 0.000000164. The van der Waals surface area contributed by atoms with Crippen LogP contribution in [-0.2, 0) is 12.8 Å². The quantitative estimate of drug-likeness (QED) is 0.169. The predicted molar refractivity (Wildman–Crippen MR) is 252 cm³/mol. The Bertz CT molecular complexity index is 2160. The fraction of sp³-hybridized carbons (Fsp3) is 0.412. The highest BCUT2D eigenvalue weighted by molar-refractivity contribution is 6.33. The second-order valence-electron chi connectivity index (χ2n) is 17.8. The van der Waals surface area contributed by atoms with Crippen LogP contribution in [0.1, 0.15) is 78.6 Å². The van der Waals surface area contributed by atoms with Gasteiger partial charge < -0.3 is 9.80 Å². The summed E-state index contributed by atoms with van der Waals surface area (Å²) in [5.41, 5.74) is 10.3. The van der Waals surface area contributed by atoms with Gasteiger partial charge in [0.25, 0.3) is 0 Å². The van der Waals surface area contributed by atoms with Crippen LogP contribution in [0.15, 0.2) is 109 Å². The van der Waals surface area contributed by atoms with E-state index in [-0.39, 0.29) is 12.1 Å². The standard InChI is InChI=1S/C26H26Cl2N2.C25H32Cl2N2/c1-18-6-11-25(24(28)14-18)30-13-12-29(17-26(30)19-7-9-22(27)10-8-19)23-15-20-4-2-3-5-21(20)16-23;1-17-4-9-24(23(27)15-17)29-11-10-28(22-13-18(2)12-19(3)14-22)16-25(29)20-5-7-21(26)8-6-20/h2-11,14,23,26H,12-13,15-17H2,1H3;4-9,15,18-19,22,25H,10-14,16H2,1-3H3. The smallest absolute Gasteiger partial charge is 0.0670 e. The van der Waals surface area contributed by atoms with E-state index >= 15 is 0 Å². The van der Waals surface area contributed by atoms with E-state index in [4.69, 9.17) is 46.4 Å². The van der Waals surface area contributed by atoms with Gasteiger partial charge >= 0.3 is 0 Å². The molecule has 59 heavy (non-hydrogen) atoms. The molecule has 4 aliphatic rings. The zero-order chi connectivity index (χ0) is 41.2. The van der Waals surface area contributed by atoms with Crippen LogP contribution in [0.3, 0.4) is 0 Å². The number of piperazine rings is 2. The molecule has 9 rings (SSSR count). The average Bonchev–Trinajstić information content (AvgIpc) is 3.66. The van der Waals surface area contributed by atoms with Gasteiger partial charge in [-0.1, -0.05) is 121 Å². The lowest BCUT2D eigenvalue weighted by Crippen LogP contribution is -2.53. The molecule has 0 radical (unpaired) electrons. The molecule has 4 nitrogen and oxygen atoms in total. The highest BCUT2D eigenvalue weighted by Gasteiger charge is 2.37. The van der Waals surface area contributed by atoms with Crippen LogP contribution < -0.4 is 9.80 Å². The maximum Gasteiger partial charge on any atom is 0.0670 e. The summed E-state index contributed by atoms with van der Waals surface area (Å²) < 4.78 is 0. The molecule has 0 N–H and O–H groups in total. The molecule has 0 bridgehead atoms. The van der Waals surface area contributed by atoms with E-state index in [9.17, 15) is 0 Å². The number of anilines is 2. The van der Waals surface area contributed by atoms with Crippen molar-refractivity contribution in [3.8, 4) is 0 Å². The molecule has 3 fully saturated rings. The van der Waals surface area contributed by atoms with Crippen molar-refractivity contribution in [3.05, 3.63) is 163 Å². The van der Waals surface area contributed by atoms with E-state index in [1.165, 1.54) is 52.6 Å². The Morgan fingerprint density at radius 3 is 1.32 bits per heavy atom. The molecular formula is C51H58Cl4N4. The molecule has 0 spiro atoms. The van der Waals surface area contributed by atoms with Crippen molar-refractivity contribution < 1.29 is 0 Å². The minimum Gasteiger partial charge on any atom is -0.361 e. The fourth-order valence-electron chi connectivity index (χ4n) is 10.5. The van der Waals surface area contributed by atoms with Gasteiger partial charge in [0.15, 0.2) is 0 Å². The molecule has 4 atom stereocenters. The van der Waals surface area contributed by atoms with Gasteiger partial charge in [-0.15, -0.1) is 0 Å². The normalized spacial score (nSPS) is 24.1. The van der Waals surface area contributed by atoms with Crippen molar-refractivity contribution in [2.75, 3.05) is 49.1 Å². The average molecular weight is 869 g/mol. The number of halogens is 4. The van der Waals surface area contributed by atoms with Gasteiger partial charge in [0, 0.05) is 61.4 Å². The zero-order valence-corrected chi connectivity index (χ0v) is 38.0. The van der Waals surface area contributed by atoms with Crippen molar-refractivity contribution in [2.45, 2.75) is 84.0 Å². The predicted octanol–water partition coefficient (Wildman–Crippen LogP) is 13.3.